The zero-order chi connectivity index (χ0) is 10.2. The van der Waals surface area contributed by atoms with Gasteiger partial charge in [-0.1, -0.05) is 0 Å². The minimum Gasteiger partial charge on any atom is -0.452 e. The van der Waals surface area contributed by atoms with Gasteiger partial charge in [-0.05, 0) is 13.8 Å². The number of carbonyl (C=O) groups is 3. The quantitative estimate of drug-likeness (QED) is 0.512. The van der Waals surface area contributed by atoms with Gasteiger partial charge in [0.25, 0.3) is 11.8 Å². The van der Waals surface area contributed by atoms with E-state index in [-0.39, 0.29) is 11.1 Å². The van der Waals surface area contributed by atoms with Crippen LogP contribution in [-0.2, 0) is 14.3 Å². The average molecular weight is 183 g/mol. The Morgan fingerprint density at radius 1 is 1.15 bits per heavy atom. The van der Waals surface area contributed by atoms with Crippen LogP contribution in [-0.4, -0.2) is 29.9 Å². The van der Waals surface area contributed by atoms with Crippen LogP contribution in [0.1, 0.15) is 13.8 Å². The lowest BCUT2D eigenvalue weighted by Gasteiger charge is -2.09. The SMILES string of the molecule is COC(=O)N1C(=O)C(C)=C(C)C1=O. The molecule has 5 nitrogen and oxygen atoms in total. The Kier molecular flexibility index (Phi) is 2.18. The van der Waals surface area contributed by atoms with Crippen LogP contribution in [0.25, 0.3) is 0 Å². The van der Waals surface area contributed by atoms with Crippen LogP contribution in [0.2, 0.25) is 0 Å². The highest BCUT2D eigenvalue weighted by Gasteiger charge is 2.38. The smallest absolute Gasteiger partial charge is 0.423 e. The van der Waals surface area contributed by atoms with Crippen molar-refractivity contribution in [1.82, 2.24) is 4.90 Å². The summed E-state index contributed by atoms with van der Waals surface area (Å²) in [5, 5.41) is 0. The van der Waals surface area contributed by atoms with Crippen LogP contribution in [0.3, 0.4) is 0 Å². The molecule has 0 radical (unpaired) electrons. The minimum absolute atomic E-state index is 0.287. The van der Waals surface area contributed by atoms with Crippen LogP contribution >= 0.6 is 0 Å². The summed E-state index contributed by atoms with van der Waals surface area (Å²) in [4.78, 5) is 34.0. The first kappa shape index (κ1) is 9.44. The van der Waals surface area contributed by atoms with Gasteiger partial charge in [0.2, 0.25) is 0 Å². The Labute approximate surface area is 75.0 Å². The first-order chi connectivity index (χ1) is 6.00. The molecule has 0 spiro atoms. The van der Waals surface area contributed by atoms with Gasteiger partial charge in [-0.25, -0.2) is 4.79 Å². The lowest BCUT2D eigenvalue weighted by Crippen LogP contribution is -2.37. The molecule has 0 aliphatic carbocycles. The van der Waals surface area contributed by atoms with E-state index in [2.05, 4.69) is 4.74 Å². The number of rotatable bonds is 0. The molecule has 13 heavy (non-hydrogen) atoms. The van der Waals surface area contributed by atoms with E-state index in [9.17, 15) is 14.4 Å². The summed E-state index contributed by atoms with van der Waals surface area (Å²) in [7, 11) is 1.12. The third-order valence-corrected chi connectivity index (χ3v) is 1.97. The van der Waals surface area contributed by atoms with Crippen molar-refractivity contribution in [3.8, 4) is 0 Å². The highest BCUT2D eigenvalue weighted by molar-refractivity contribution is 6.25. The third-order valence-electron chi connectivity index (χ3n) is 1.97. The molecule has 3 amide bonds. The number of amides is 3. The highest BCUT2D eigenvalue weighted by atomic mass is 16.5. The van der Waals surface area contributed by atoms with E-state index in [0.717, 1.165) is 7.11 Å². The van der Waals surface area contributed by atoms with Crippen LogP contribution in [0.5, 0.6) is 0 Å². The molecule has 0 fully saturated rings. The Bertz CT molecular complexity index is 305. The maximum absolute atomic E-state index is 11.3. The van der Waals surface area contributed by atoms with Crippen LogP contribution in [0.15, 0.2) is 11.1 Å². The molecule has 70 valence electrons. The largest absolute Gasteiger partial charge is 0.452 e. The van der Waals surface area contributed by atoms with Crippen LogP contribution in [0.4, 0.5) is 4.79 Å². The van der Waals surface area contributed by atoms with Crippen molar-refractivity contribution < 1.29 is 19.1 Å². The van der Waals surface area contributed by atoms with E-state index in [1.807, 2.05) is 0 Å². The molecule has 5 heteroatoms. The molecule has 0 aromatic carbocycles. The summed E-state index contributed by atoms with van der Waals surface area (Å²) >= 11 is 0. The third kappa shape index (κ3) is 1.22. The summed E-state index contributed by atoms with van der Waals surface area (Å²) < 4.78 is 4.29. The fourth-order valence-corrected chi connectivity index (χ4v) is 1.01. The number of carbonyl (C=O) groups excluding carboxylic acids is 3. The maximum Gasteiger partial charge on any atom is 0.423 e. The van der Waals surface area contributed by atoms with Crippen LogP contribution in [0, 0.1) is 0 Å². The summed E-state index contributed by atoms with van der Waals surface area (Å²) in [6, 6.07) is 0. The predicted octanol–water partition coefficient (Wildman–Crippen LogP) is 0.458. The number of ether oxygens (including phenoxy) is 1. The monoisotopic (exact) mass is 183 g/mol. The molecule has 0 aromatic rings. The van der Waals surface area contributed by atoms with E-state index in [4.69, 9.17) is 0 Å². The van der Waals surface area contributed by atoms with Crippen molar-refractivity contribution in [1.29, 1.82) is 0 Å². The number of hydrogen-bond acceptors (Lipinski definition) is 4. The van der Waals surface area contributed by atoms with Gasteiger partial charge < -0.3 is 4.74 Å². The summed E-state index contributed by atoms with van der Waals surface area (Å²) in [5.74, 6) is -1.20. The predicted molar refractivity (Wildman–Crippen MR) is 42.6 cm³/mol. The Hall–Kier alpha value is -1.65. The van der Waals surface area contributed by atoms with Crippen molar-refractivity contribution in [2.75, 3.05) is 7.11 Å². The zero-order valence-corrected chi connectivity index (χ0v) is 7.58. The molecule has 1 aliphatic rings. The lowest BCUT2D eigenvalue weighted by atomic mass is 10.2. The maximum atomic E-state index is 11.3. The van der Waals surface area contributed by atoms with Crippen molar-refractivity contribution >= 4 is 17.9 Å². The average Bonchev–Trinajstić information content (AvgIpc) is 2.30. The summed E-state index contributed by atoms with van der Waals surface area (Å²) in [6.07, 6.45) is -0.939. The van der Waals surface area contributed by atoms with E-state index in [1.54, 1.807) is 0 Å². The minimum atomic E-state index is -0.939. The molecule has 0 aromatic heterocycles. The molecule has 0 saturated heterocycles. The number of methoxy groups -OCH3 is 1. The molecule has 1 rings (SSSR count). The molecule has 1 heterocycles. The molecular formula is C8H9NO4. The highest BCUT2D eigenvalue weighted by Crippen LogP contribution is 2.19. The lowest BCUT2D eigenvalue weighted by molar-refractivity contribution is -0.135. The first-order valence-electron chi connectivity index (χ1n) is 3.65. The van der Waals surface area contributed by atoms with Gasteiger partial charge in [0, 0.05) is 11.1 Å². The van der Waals surface area contributed by atoms with Gasteiger partial charge in [-0.3, -0.25) is 9.59 Å². The summed E-state index contributed by atoms with van der Waals surface area (Å²) in [6.45, 7) is 3.00. The van der Waals surface area contributed by atoms with Crippen molar-refractivity contribution in [2.45, 2.75) is 13.8 Å². The van der Waals surface area contributed by atoms with Gasteiger partial charge in [-0.2, -0.15) is 4.90 Å². The second kappa shape index (κ2) is 3.01. The molecular weight excluding hydrogens is 174 g/mol. The van der Waals surface area contributed by atoms with E-state index in [0.29, 0.717) is 4.90 Å². The number of nitrogens with zero attached hydrogens (tertiary/aromatic N) is 1. The molecule has 1 aliphatic heterocycles. The second-order valence-corrected chi connectivity index (χ2v) is 2.67. The first-order valence-corrected chi connectivity index (χ1v) is 3.65. The van der Waals surface area contributed by atoms with Crippen molar-refractivity contribution in [3.05, 3.63) is 11.1 Å². The fraction of sp³-hybridized carbons (Fsp3) is 0.375. The number of imide groups is 3. The molecule has 0 N–H and O–H groups in total. The normalized spacial score (nSPS) is 17.0. The van der Waals surface area contributed by atoms with E-state index >= 15 is 0 Å². The Morgan fingerprint density at radius 3 is 1.85 bits per heavy atom. The van der Waals surface area contributed by atoms with Gasteiger partial charge in [0.15, 0.2) is 0 Å². The Morgan fingerprint density at radius 2 is 1.54 bits per heavy atom. The standard InChI is InChI=1S/C8H9NO4/c1-4-5(2)7(11)9(6(4)10)8(12)13-3/h1-3H3. The fourth-order valence-electron chi connectivity index (χ4n) is 1.01. The zero-order valence-electron chi connectivity index (χ0n) is 7.58. The van der Waals surface area contributed by atoms with Crippen molar-refractivity contribution in [2.24, 2.45) is 0 Å². The van der Waals surface area contributed by atoms with E-state index < -0.39 is 17.9 Å². The van der Waals surface area contributed by atoms with Gasteiger partial charge in [-0.15, -0.1) is 0 Å². The van der Waals surface area contributed by atoms with E-state index in [1.165, 1.54) is 13.8 Å². The van der Waals surface area contributed by atoms with Gasteiger partial charge in [0.1, 0.15) is 0 Å². The van der Waals surface area contributed by atoms with Crippen LogP contribution < -0.4 is 0 Å². The number of hydrogen-bond donors (Lipinski definition) is 0. The molecule has 0 saturated carbocycles. The topological polar surface area (TPSA) is 63.7 Å². The molecule has 0 bridgehead atoms. The summed E-state index contributed by atoms with van der Waals surface area (Å²) in [5.41, 5.74) is 0.575. The van der Waals surface area contributed by atoms with Crippen molar-refractivity contribution in [3.63, 3.8) is 0 Å². The van der Waals surface area contributed by atoms with Gasteiger partial charge >= 0.3 is 6.09 Å². The van der Waals surface area contributed by atoms with Gasteiger partial charge in [0.05, 0.1) is 7.11 Å². The molecule has 0 unspecified atom stereocenters. The Balaban J connectivity index is 3.04. The second-order valence-electron chi connectivity index (χ2n) is 2.67. The molecule has 0 atom stereocenters.